The van der Waals surface area contributed by atoms with Crippen LogP contribution in [0.4, 0.5) is 5.95 Å². The molecule has 0 amide bonds. The summed E-state index contributed by atoms with van der Waals surface area (Å²) in [6, 6.07) is 0. The molecule has 1 aromatic heterocycles. The summed E-state index contributed by atoms with van der Waals surface area (Å²) >= 11 is 5.88. The van der Waals surface area contributed by atoms with E-state index in [1.165, 1.54) is 6.20 Å². The molecule has 0 aliphatic carbocycles. The number of likely N-dealkylation sites (N-methyl/N-ethyl adjacent to an activating group) is 1. The van der Waals surface area contributed by atoms with Crippen molar-refractivity contribution in [1.29, 1.82) is 0 Å². The van der Waals surface area contributed by atoms with E-state index >= 15 is 0 Å². The molecular formula is C9H15ClN4O. The van der Waals surface area contributed by atoms with Crippen molar-refractivity contribution in [2.24, 2.45) is 0 Å². The Morgan fingerprint density at radius 1 is 1.53 bits per heavy atom. The van der Waals surface area contributed by atoms with Crippen molar-refractivity contribution in [3.05, 3.63) is 11.2 Å². The molecule has 0 aliphatic heterocycles. The third-order valence-corrected chi connectivity index (χ3v) is 1.97. The maximum absolute atomic E-state index is 5.88. The number of hydrogen-bond acceptors (Lipinski definition) is 5. The van der Waals surface area contributed by atoms with Crippen molar-refractivity contribution in [3.63, 3.8) is 0 Å². The van der Waals surface area contributed by atoms with Crippen LogP contribution in [-0.4, -0.2) is 49.2 Å². The second-order valence-corrected chi connectivity index (χ2v) is 3.66. The zero-order valence-electron chi connectivity index (χ0n) is 9.12. The molecular weight excluding hydrogens is 216 g/mol. The molecule has 1 aromatic rings. The SMILES string of the molecule is CNc1ncc(Cl)c(OCCN(C)C)n1. The molecule has 1 rings (SSSR count). The van der Waals surface area contributed by atoms with Gasteiger partial charge in [0.2, 0.25) is 11.8 Å². The molecule has 0 radical (unpaired) electrons. The van der Waals surface area contributed by atoms with Crippen LogP contribution in [0.3, 0.4) is 0 Å². The molecule has 6 heteroatoms. The van der Waals surface area contributed by atoms with Gasteiger partial charge in [-0.25, -0.2) is 4.98 Å². The Morgan fingerprint density at radius 2 is 2.27 bits per heavy atom. The standard InChI is InChI=1S/C9H15ClN4O/c1-11-9-12-6-7(10)8(13-9)15-5-4-14(2)3/h6H,4-5H2,1-3H3,(H,11,12,13). The lowest BCUT2D eigenvalue weighted by atomic mass is 10.6. The summed E-state index contributed by atoms with van der Waals surface area (Å²) in [7, 11) is 5.70. The second kappa shape index (κ2) is 5.72. The Kier molecular flexibility index (Phi) is 4.58. The lowest BCUT2D eigenvalue weighted by molar-refractivity contribution is 0.254. The first-order chi connectivity index (χ1) is 7.13. The van der Waals surface area contributed by atoms with Gasteiger partial charge in [0.05, 0.1) is 6.20 Å². The average molecular weight is 231 g/mol. The molecule has 0 unspecified atom stereocenters. The van der Waals surface area contributed by atoms with E-state index in [2.05, 4.69) is 15.3 Å². The van der Waals surface area contributed by atoms with Gasteiger partial charge in [-0.05, 0) is 14.1 Å². The highest BCUT2D eigenvalue weighted by atomic mass is 35.5. The fourth-order valence-corrected chi connectivity index (χ4v) is 1.04. The van der Waals surface area contributed by atoms with Gasteiger partial charge in [-0.1, -0.05) is 11.6 Å². The first kappa shape index (κ1) is 12.0. The highest BCUT2D eigenvalue weighted by Gasteiger charge is 2.05. The predicted octanol–water partition coefficient (Wildman–Crippen LogP) is 1.11. The Balaban J connectivity index is 2.59. The number of aromatic nitrogens is 2. The topological polar surface area (TPSA) is 50.3 Å². The van der Waals surface area contributed by atoms with Gasteiger partial charge < -0.3 is 15.0 Å². The molecule has 1 N–H and O–H groups in total. The number of nitrogens with one attached hydrogen (secondary N) is 1. The first-order valence-electron chi connectivity index (χ1n) is 4.61. The van der Waals surface area contributed by atoms with Crippen LogP contribution in [0.5, 0.6) is 5.88 Å². The summed E-state index contributed by atoms with van der Waals surface area (Å²) in [6.45, 7) is 1.36. The zero-order valence-corrected chi connectivity index (χ0v) is 9.88. The lowest BCUT2D eigenvalue weighted by Crippen LogP contribution is -2.19. The van der Waals surface area contributed by atoms with Gasteiger partial charge >= 0.3 is 0 Å². The van der Waals surface area contributed by atoms with Crippen LogP contribution in [0, 0.1) is 0 Å². The summed E-state index contributed by atoms with van der Waals surface area (Å²) in [6.07, 6.45) is 1.52. The van der Waals surface area contributed by atoms with E-state index in [9.17, 15) is 0 Å². The fraction of sp³-hybridized carbons (Fsp3) is 0.556. The molecule has 0 aliphatic rings. The first-order valence-corrected chi connectivity index (χ1v) is 4.99. The van der Waals surface area contributed by atoms with Crippen molar-refractivity contribution in [1.82, 2.24) is 14.9 Å². The summed E-state index contributed by atoms with van der Waals surface area (Å²) in [5.74, 6) is 0.914. The Hall–Kier alpha value is -1.07. The average Bonchev–Trinajstić information content (AvgIpc) is 2.20. The summed E-state index contributed by atoms with van der Waals surface area (Å²) in [4.78, 5) is 10.1. The van der Waals surface area contributed by atoms with Crippen molar-refractivity contribution < 1.29 is 4.74 Å². The van der Waals surface area contributed by atoms with Crippen molar-refractivity contribution in [2.75, 3.05) is 39.6 Å². The normalized spacial score (nSPS) is 10.5. The summed E-state index contributed by atoms with van der Waals surface area (Å²) in [5, 5.41) is 3.25. The number of ether oxygens (including phenoxy) is 1. The molecule has 0 bridgehead atoms. The third kappa shape index (κ3) is 3.89. The summed E-state index contributed by atoms with van der Waals surface area (Å²) < 4.78 is 5.43. The van der Waals surface area contributed by atoms with E-state index in [0.717, 1.165) is 6.54 Å². The van der Waals surface area contributed by atoms with Gasteiger partial charge in [-0.2, -0.15) is 4.98 Å². The minimum absolute atomic E-state index is 0.415. The number of rotatable bonds is 5. The van der Waals surface area contributed by atoms with Crippen LogP contribution in [0.25, 0.3) is 0 Å². The van der Waals surface area contributed by atoms with Gasteiger partial charge in [0.25, 0.3) is 0 Å². The number of anilines is 1. The van der Waals surface area contributed by atoms with E-state index < -0.39 is 0 Å². The fourth-order valence-electron chi connectivity index (χ4n) is 0.898. The molecule has 0 spiro atoms. The number of nitrogens with zero attached hydrogens (tertiary/aromatic N) is 3. The highest BCUT2D eigenvalue weighted by Crippen LogP contribution is 2.21. The van der Waals surface area contributed by atoms with Crippen molar-refractivity contribution >= 4 is 17.5 Å². The van der Waals surface area contributed by atoms with Crippen molar-refractivity contribution in [3.8, 4) is 5.88 Å². The molecule has 84 valence electrons. The lowest BCUT2D eigenvalue weighted by Gasteiger charge is -2.11. The molecule has 0 saturated heterocycles. The predicted molar refractivity (Wildman–Crippen MR) is 60.6 cm³/mol. The van der Waals surface area contributed by atoms with Crippen LogP contribution < -0.4 is 10.1 Å². The van der Waals surface area contributed by atoms with E-state index in [0.29, 0.717) is 23.5 Å². The molecule has 5 nitrogen and oxygen atoms in total. The minimum Gasteiger partial charge on any atom is -0.475 e. The van der Waals surface area contributed by atoms with Crippen LogP contribution >= 0.6 is 11.6 Å². The van der Waals surface area contributed by atoms with Crippen LogP contribution in [0.2, 0.25) is 5.02 Å². The van der Waals surface area contributed by atoms with Gasteiger partial charge in [-0.3, -0.25) is 0 Å². The molecule has 0 saturated carbocycles. The van der Waals surface area contributed by atoms with Gasteiger partial charge in [0, 0.05) is 13.6 Å². The Bertz CT molecular complexity index is 319. The van der Waals surface area contributed by atoms with Crippen molar-refractivity contribution in [2.45, 2.75) is 0 Å². The van der Waals surface area contributed by atoms with Crippen LogP contribution in [0.15, 0.2) is 6.20 Å². The van der Waals surface area contributed by atoms with E-state index in [4.69, 9.17) is 16.3 Å². The molecule has 0 aromatic carbocycles. The molecule has 0 atom stereocenters. The summed E-state index contributed by atoms with van der Waals surface area (Å²) in [5.41, 5.74) is 0. The number of halogens is 1. The molecule has 15 heavy (non-hydrogen) atoms. The maximum atomic E-state index is 5.88. The van der Waals surface area contributed by atoms with Gasteiger partial charge in [0.15, 0.2) is 0 Å². The second-order valence-electron chi connectivity index (χ2n) is 3.25. The monoisotopic (exact) mass is 230 g/mol. The maximum Gasteiger partial charge on any atom is 0.237 e. The number of hydrogen-bond donors (Lipinski definition) is 1. The third-order valence-electron chi connectivity index (χ3n) is 1.71. The molecule has 1 heterocycles. The largest absolute Gasteiger partial charge is 0.475 e. The minimum atomic E-state index is 0.415. The quantitative estimate of drug-likeness (QED) is 0.822. The van der Waals surface area contributed by atoms with E-state index in [-0.39, 0.29) is 0 Å². The van der Waals surface area contributed by atoms with Gasteiger partial charge in [-0.15, -0.1) is 0 Å². The van der Waals surface area contributed by atoms with Crippen LogP contribution in [0.1, 0.15) is 0 Å². The van der Waals surface area contributed by atoms with E-state index in [1.54, 1.807) is 7.05 Å². The smallest absolute Gasteiger partial charge is 0.237 e. The Morgan fingerprint density at radius 3 is 2.87 bits per heavy atom. The van der Waals surface area contributed by atoms with Crippen LogP contribution in [-0.2, 0) is 0 Å². The van der Waals surface area contributed by atoms with E-state index in [1.807, 2.05) is 19.0 Å². The Labute approximate surface area is 94.4 Å². The zero-order chi connectivity index (χ0) is 11.3. The highest BCUT2D eigenvalue weighted by molar-refractivity contribution is 6.31. The molecule has 0 fully saturated rings. The van der Waals surface area contributed by atoms with Gasteiger partial charge in [0.1, 0.15) is 11.6 Å².